The molecule has 0 unspecified atom stereocenters. The molecule has 108 heavy (non-hydrogen) atoms. The quantitative estimate of drug-likeness (QED) is 0.00682. The summed E-state index contributed by atoms with van der Waals surface area (Å²) in [6.07, 6.45) is 15.7. The van der Waals surface area contributed by atoms with Crippen molar-refractivity contribution in [2.24, 2.45) is 0 Å². The molecule has 30 heteroatoms. The van der Waals surface area contributed by atoms with Crippen molar-refractivity contribution in [2.75, 3.05) is 19.8 Å². The van der Waals surface area contributed by atoms with Crippen molar-refractivity contribution in [1.82, 2.24) is 10.6 Å². The van der Waals surface area contributed by atoms with Gasteiger partial charge in [-0.3, -0.25) is 37.8 Å². The minimum atomic E-state index is -5.69. The van der Waals surface area contributed by atoms with Crippen LogP contribution in [0, 0.1) is 0 Å². The summed E-state index contributed by atoms with van der Waals surface area (Å²) in [5.41, 5.74) is 0. The van der Waals surface area contributed by atoms with Crippen molar-refractivity contribution in [2.45, 2.75) is 410 Å². The summed E-state index contributed by atoms with van der Waals surface area (Å²) in [5, 5.41) is 39.5. The van der Waals surface area contributed by atoms with E-state index < -0.39 is 176 Å². The summed E-state index contributed by atoms with van der Waals surface area (Å²) in [6, 6.07) is -3.96. The van der Waals surface area contributed by atoms with E-state index in [0.29, 0.717) is 38.5 Å². The van der Waals surface area contributed by atoms with Crippen molar-refractivity contribution in [3.63, 3.8) is 0 Å². The first-order valence-corrected chi connectivity index (χ1v) is 44.0. The molecule has 2 aliphatic heterocycles. The highest BCUT2D eigenvalue weighted by Gasteiger charge is 2.55. The zero-order valence-corrected chi connectivity index (χ0v) is 67.7. The van der Waals surface area contributed by atoms with Gasteiger partial charge in [0.1, 0.15) is 61.1 Å². The lowest BCUT2D eigenvalue weighted by Crippen LogP contribution is -2.68. The number of esters is 3. The SMILES string of the molecule is C=CCOC(=O)O[C@H](CCCCCCC)CC(=O)O[C@@H]1[C@@H](NC(=O)C[C@@H](CCCCCCCCCCC)OC(=O)CCCCC/C=C/CCCCCC)[C@H](OC[C@H]2O[C@@H](OP(=O)(O)O)[C@H](NC(=O)CC(=O)CCCCCCCCCCC)[C@@H](OC(=O)C[C@H](O)CCCCCCC)[C@@H]2O)O[C@H](CO)[C@H]1OP(=O)(O)O. The molecule has 0 radical (unpaired) electrons. The molecule has 0 aromatic carbocycles. The highest BCUT2D eigenvalue weighted by Crippen LogP contribution is 2.44. The molecule has 0 aromatic rings. The third kappa shape index (κ3) is 48.6. The van der Waals surface area contributed by atoms with Crippen molar-refractivity contribution in [3.05, 3.63) is 24.8 Å². The number of ether oxygens (including phenoxy) is 8. The largest absolute Gasteiger partial charge is 0.508 e. The molecule has 2 saturated heterocycles. The number of hydrogen-bond acceptors (Lipinski definition) is 22. The predicted octanol–water partition coefficient (Wildman–Crippen LogP) is 14.3. The van der Waals surface area contributed by atoms with Crippen molar-refractivity contribution in [1.29, 1.82) is 0 Å². The van der Waals surface area contributed by atoms with Crippen LogP contribution in [0.1, 0.15) is 330 Å². The molecule has 13 atom stereocenters. The van der Waals surface area contributed by atoms with E-state index in [0.717, 1.165) is 186 Å². The second kappa shape index (κ2) is 61.3. The maximum Gasteiger partial charge on any atom is 0.508 e. The molecule has 2 fully saturated rings. The van der Waals surface area contributed by atoms with E-state index in [9.17, 15) is 77.6 Å². The van der Waals surface area contributed by atoms with Gasteiger partial charge in [-0.15, -0.1) is 0 Å². The molecule has 2 rings (SSSR count). The van der Waals surface area contributed by atoms with Gasteiger partial charge < -0.3 is 83.4 Å². The van der Waals surface area contributed by atoms with E-state index >= 15 is 0 Å². The van der Waals surface area contributed by atoms with Gasteiger partial charge in [-0.25, -0.2) is 13.9 Å². The normalized spacial score (nSPS) is 21.2. The number of Topliss-reactive ketones (excluding diaryl/α,β-unsaturated/α-hetero) is 1. The Hall–Kier alpha value is -4.25. The molecule has 0 spiro atoms. The average Bonchev–Trinajstić information content (AvgIpc) is 0.784. The first-order chi connectivity index (χ1) is 51.8. The maximum atomic E-state index is 14.9. The van der Waals surface area contributed by atoms with Crippen LogP contribution in [0.4, 0.5) is 4.79 Å². The Morgan fingerprint density at radius 1 is 0.481 bits per heavy atom. The molecule has 0 saturated carbocycles. The van der Waals surface area contributed by atoms with E-state index in [1.165, 1.54) is 18.9 Å². The van der Waals surface area contributed by atoms with Crippen molar-refractivity contribution in [3.8, 4) is 0 Å². The number of aliphatic hydroxyl groups is 3. The second-order valence-electron chi connectivity index (χ2n) is 29.0. The Morgan fingerprint density at radius 3 is 1.44 bits per heavy atom. The number of unbranched alkanes of at least 4 members (excludes halogenated alkanes) is 31. The van der Waals surface area contributed by atoms with E-state index in [-0.39, 0.29) is 38.7 Å². The van der Waals surface area contributed by atoms with E-state index in [1.807, 2.05) is 13.8 Å². The first-order valence-electron chi connectivity index (χ1n) is 41.0. The van der Waals surface area contributed by atoms with E-state index in [2.05, 4.69) is 50.1 Å². The Kier molecular flexibility index (Phi) is 56.6. The summed E-state index contributed by atoms with van der Waals surface area (Å²) < 4.78 is 83.2. The average molecular weight is 1580 g/mol. The summed E-state index contributed by atoms with van der Waals surface area (Å²) >= 11 is 0. The standard InChI is InChI=1S/C78H140N2O26P2/c1-7-13-18-23-26-29-30-33-36-41-46-51-67(86)99-61(49-45-40-35-32-28-25-20-15-9-3)55-66(85)80-71-75(104-69(88)56-62(50-44-38-22-17-11-5)100-78(90)97-52-12-6)73(105-107(91,92)93)63(57-81)101-76(71)98-58-64-72(89)74(103-68(87)54-60(83)48-42-37-21-16-10-4)70(77(102-64)106-108(94,95)96)79-65(84)53-59(82)47-43-39-34-31-27-24-19-14-8-2/h12,29-30,60-64,70-77,81,83,89H,6-11,13-28,31-58H2,1-5H3,(H,79,84)(H,80,85)(H2,91,92,93)(H2,94,95,96)/b30-29+/t60-,61-,62-,63-,64-,70-,71-,72-,73-,74-,75-,76-,77+/m1/s1. The molecule has 28 nitrogen and oxygen atoms in total. The number of allylic oxidation sites excluding steroid dienone is 2. The molecule has 9 N–H and O–H groups in total. The third-order valence-electron chi connectivity index (χ3n) is 19.2. The number of carbonyl (C=O) groups excluding carboxylic acids is 7. The Morgan fingerprint density at radius 2 is 0.917 bits per heavy atom. The number of amides is 2. The third-order valence-corrected chi connectivity index (χ3v) is 20.2. The molecule has 0 bridgehead atoms. The van der Waals surface area contributed by atoms with Crippen LogP contribution in [0.25, 0.3) is 0 Å². The van der Waals surface area contributed by atoms with Gasteiger partial charge >= 0.3 is 39.7 Å². The highest BCUT2D eigenvalue weighted by molar-refractivity contribution is 7.46. The zero-order chi connectivity index (χ0) is 79.8. The number of aliphatic hydroxyl groups excluding tert-OH is 3. The fourth-order valence-electron chi connectivity index (χ4n) is 13.2. The lowest BCUT2D eigenvalue weighted by Gasteiger charge is -2.47. The van der Waals surface area contributed by atoms with Gasteiger partial charge in [0.15, 0.2) is 24.8 Å². The van der Waals surface area contributed by atoms with Gasteiger partial charge in [-0.1, -0.05) is 246 Å². The first kappa shape index (κ1) is 99.8. The van der Waals surface area contributed by atoms with E-state index in [4.69, 9.17) is 46.9 Å². The van der Waals surface area contributed by atoms with Crippen LogP contribution in [0.3, 0.4) is 0 Å². The molecule has 0 aliphatic carbocycles. The Bertz CT molecular complexity index is 2570. The molecular weight excluding hydrogens is 1440 g/mol. The van der Waals surface area contributed by atoms with Crippen LogP contribution >= 0.6 is 15.6 Å². The van der Waals surface area contributed by atoms with Gasteiger partial charge in [0, 0.05) is 12.8 Å². The van der Waals surface area contributed by atoms with Crippen molar-refractivity contribution < 1.29 is 125 Å². The van der Waals surface area contributed by atoms with Crippen LogP contribution in [0.15, 0.2) is 24.8 Å². The summed E-state index contributed by atoms with van der Waals surface area (Å²) in [6.45, 7) is 11.6. The molecule has 628 valence electrons. The van der Waals surface area contributed by atoms with Crippen LogP contribution in [-0.2, 0) is 84.8 Å². The number of ketones is 1. The minimum Gasteiger partial charge on any atom is -0.462 e. The zero-order valence-electron chi connectivity index (χ0n) is 65.9. The molecule has 2 amide bonds. The van der Waals surface area contributed by atoms with Crippen molar-refractivity contribution >= 4 is 57.3 Å². The number of phosphoric ester groups is 2. The van der Waals surface area contributed by atoms with E-state index in [1.54, 1.807) is 0 Å². The summed E-state index contributed by atoms with van der Waals surface area (Å²) in [7, 11) is -11.4. The van der Waals surface area contributed by atoms with Crippen LogP contribution < -0.4 is 10.6 Å². The monoisotopic (exact) mass is 1580 g/mol. The van der Waals surface area contributed by atoms with Gasteiger partial charge in [0.25, 0.3) is 0 Å². The topological polar surface area (TPSA) is 412 Å². The lowest BCUT2D eigenvalue weighted by atomic mass is 9.95. The number of rotatable bonds is 67. The van der Waals surface area contributed by atoms with Gasteiger partial charge in [0.05, 0.1) is 45.0 Å². The molecule has 2 aliphatic rings. The fraction of sp³-hybridized carbons (Fsp3) is 0.859. The van der Waals surface area contributed by atoms with Crippen LogP contribution in [0.2, 0.25) is 0 Å². The number of carbonyl (C=O) groups is 7. The van der Waals surface area contributed by atoms with Crippen LogP contribution in [0.5, 0.6) is 0 Å². The number of phosphoric acid groups is 2. The fourth-order valence-corrected chi connectivity index (χ4v) is 14.2. The summed E-state index contributed by atoms with van der Waals surface area (Å²) in [5.74, 6) is -5.35. The Labute approximate surface area is 643 Å². The molecule has 0 aromatic heterocycles. The van der Waals surface area contributed by atoms with Gasteiger partial charge in [0.2, 0.25) is 11.8 Å². The second-order valence-corrected chi connectivity index (χ2v) is 31.4. The Balaban J connectivity index is 2.80. The lowest BCUT2D eigenvalue weighted by molar-refractivity contribution is -0.296. The maximum absolute atomic E-state index is 14.9. The predicted molar refractivity (Wildman–Crippen MR) is 407 cm³/mol. The van der Waals surface area contributed by atoms with Gasteiger partial charge in [-0.2, -0.15) is 0 Å². The smallest absolute Gasteiger partial charge is 0.462 e. The molecular formula is C78H140N2O26P2. The summed E-state index contributed by atoms with van der Waals surface area (Å²) in [4.78, 5) is 139. The van der Waals surface area contributed by atoms with Crippen LogP contribution in [-0.4, -0.2) is 176 Å². The minimum absolute atomic E-state index is 0.0179. The number of nitrogens with one attached hydrogen (secondary N) is 2. The number of hydrogen-bond donors (Lipinski definition) is 9. The highest BCUT2D eigenvalue weighted by atomic mass is 31.2. The van der Waals surface area contributed by atoms with Gasteiger partial charge in [-0.05, 0) is 70.6 Å². The molecule has 2 heterocycles.